The highest BCUT2D eigenvalue weighted by atomic mass is 31.3. The SMILES string of the molecule is c1ccc(OP2(Oc3ccccc3)=NP(Oc3ccccc3)(Oc3ccccc3)=NP(Oc3ccccc3)(C3CCC3c3ccccc3)=N2)cc1. The Hall–Kier alpha value is -4.99. The van der Waals surface area contributed by atoms with Crippen molar-refractivity contribution in [2.24, 2.45) is 13.5 Å². The van der Waals surface area contributed by atoms with Gasteiger partial charge in [0, 0.05) is 0 Å². The molecule has 8 nitrogen and oxygen atoms in total. The summed E-state index contributed by atoms with van der Waals surface area (Å²) < 4.78 is 51.5. The fourth-order valence-corrected chi connectivity index (χ4v) is 17.2. The van der Waals surface area contributed by atoms with Crippen molar-refractivity contribution in [2.45, 2.75) is 24.4 Å². The van der Waals surface area contributed by atoms with Gasteiger partial charge in [-0.1, -0.05) is 126 Å². The van der Waals surface area contributed by atoms with Gasteiger partial charge in [0.15, 0.2) is 0 Å². The van der Waals surface area contributed by atoms with Crippen LogP contribution in [0.3, 0.4) is 0 Å². The maximum atomic E-state index is 7.21. The van der Waals surface area contributed by atoms with Crippen LogP contribution < -0.4 is 22.6 Å². The molecule has 0 bridgehead atoms. The van der Waals surface area contributed by atoms with Crippen molar-refractivity contribution in [2.75, 3.05) is 0 Å². The maximum Gasteiger partial charge on any atom is 0.458 e. The normalized spacial score (nSPS) is 21.3. The summed E-state index contributed by atoms with van der Waals surface area (Å²) >= 11 is 0. The first-order chi connectivity index (χ1) is 25.1. The minimum atomic E-state index is -3.76. The minimum Gasteiger partial charge on any atom is -0.441 e. The van der Waals surface area contributed by atoms with Gasteiger partial charge in [-0.3, -0.25) is 0 Å². The summed E-state index contributed by atoms with van der Waals surface area (Å²) in [5.41, 5.74) is 1.07. The van der Waals surface area contributed by atoms with Crippen molar-refractivity contribution in [3.05, 3.63) is 188 Å². The Morgan fingerprint density at radius 3 is 1.04 bits per heavy atom. The van der Waals surface area contributed by atoms with E-state index in [1.54, 1.807) is 0 Å². The second-order valence-electron chi connectivity index (χ2n) is 12.0. The van der Waals surface area contributed by atoms with Crippen LogP contribution in [-0.4, -0.2) is 5.66 Å². The molecule has 0 aromatic heterocycles. The molecule has 1 fully saturated rings. The smallest absolute Gasteiger partial charge is 0.441 e. The highest BCUT2D eigenvalue weighted by Crippen LogP contribution is 2.82. The fraction of sp³-hybridized carbons (Fsp3) is 0.100. The van der Waals surface area contributed by atoms with E-state index in [-0.39, 0.29) is 11.6 Å². The predicted octanol–water partition coefficient (Wildman–Crippen LogP) is 13.3. The van der Waals surface area contributed by atoms with E-state index in [9.17, 15) is 0 Å². The predicted molar refractivity (Wildman–Crippen MR) is 206 cm³/mol. The molecule has 1 heterocycles. The van der Waals surface area contributed by atoms with E-state index in [4.69, 9.17) is 36.2 Å². The van der Waals surface area contributed by atoms with Crippen molar-refractivity contribution in [3.8, 4) is 28.7 Å². The standard InChI is InChI=1S/C40H36N3O5P3/c1-7-19-33(20-8-1)39-31-32-40(39)49(44-34-21-9-2-10-22-34)41-50(45-35-23-11-3-12-24-35,46-36-25-13-4-14-26-36)43-51(42-49,47-37-27-15-5-16-28-37)48-38-29-17-6-18-30-38/h1-30,39-40H,31-32H2. The van der Waals surface area contributed by atoms with E-state index in [1.807, 2.05) is 158 Å². The molecular weight excluding hydrogens is 695 g/mol. The highest BCUT2D eigenvalue weighted by Gasteiger charge is 2.54. The lowest BCUT2D eigenvalue weighted by atomic mass is 9.79. The van der Waals surface area contributed by atoms with Crippen molar-refractivity contribution >= 4 is 22.8 Å². The third-order valence-corrected chi connectivity index (χ3v) is 17.9. The maximum absolute atomic E-state index is 7.21. The molecule has 256 valence electrons. The van der Waals surface area contributed by atoms with Gasteiger partial charge in [-0.2, -0.15) is 0 Å². The average Bonchev–Trinajstić information content (AvgIpc) is 3.13. The van der Waals surface area contributed by atoms with Gasteiger partial charge < -0.3 is 22.6 Å². The average molecular weight is 732 g/mol. The third kappa shape index (κ3) is 7.55. The van der Waals surface area contributed by atoms with E-state index in [0.717, 1.165) is 12.8 Å². The van der Waals surface area contributed by atoms with Crippen LogP contribution in [0, 0.1) is 0 Å². The van der Waals surface area contributed by atoms with Crippen molar-refractivity contribution < 1.29 is 22.6 Å². The number of para-hydroxylation sites is 5. The zero-order chi connectivity index (χ0) is 34.4. The van der Waals surface area contributed by atoms with Gasteiger partial charge in [-0.15, -0.1) is 9.03 Å². The number of rotatable bonds is 12. The Bertz CT molecular complexity index is 2050. The second kappa shape index (κ2) is 14.7. The van der Waals surface area contributed by atoms with E-state index in [0.29, 0.717) is 28.7 Å². The zero-order valence-corrected chi connectivity index (χ0v) is 30.3. The molecule has 6 aromatic rings. The Kier molecular flexibility index (Phi) is 9.56. The first-order valence-electron chi connectivity index (χ1n) is 16.8. The van der Waals surface area contributed by atoms with Crippen LogP contribution in [0.25, 0.3) is 0 Å². The molecule has 0 spiro atoms. The highest BCUT2D eigenvalue weighted by molar-refractivity contribution is 7.80. The minimum absolute atomic E-state index is 0.111. The molecule has 0 radical (unpaired) electrons. The van der Waals surface area contributed by atoms with E-state index in [1.165, 1.54) is 5.56 Å². The summed E-state index contributed by atoms with van der Waals surface area (Å²) in [7, 11) is -10.9. The molecular formula is C40H36N3O5P3. The summed E-state index contributed by atoms with van der Waals surface area (Å²) in [6.45, 7) is 0. The Morgan fingerprint density at radius 1 is 0.353 bits per heavy atom. The molecule has 2 aliphatic rings. The fourth-order valence-electron chi connectivity index (χ4n) is 6.03. The van der Waals surface area contributed by atoms with Crippen LogP contribution in [0.15, 0.2) is 196 Å². The molecule has 3 atom stereocenters. The van der Waals surface area contributed by atoms with Gasteiger partial charge in [0.1, 0.15) is 28.7 Å². The largest absolute Gasteiger partial charge is 0.458 e. The van der Waals surface area contributed by atoms with Crippen LogP contribution >= 0.6 is 22.8 Å². The number of hydrogen-bond acceptors (Lipinski definition) is 8. The molecule has 3 unspecified atom stereocenters. The summed E-state index contributed by atoms with van der Waals surface area (Å²) in [6.07, 6.45) is 1.77. The third-order valence-electron chi connectivity index (χ3n) is 8.46. The van der Waals surface area contributed by atoms with E-state index >= 15 is 0 Å². The quantitative estimate of drug-likeness (QED) is 0.117. The van der Waals surface area contributed by atoms with Crippen molar-refractivity contribution in [1.82, 2.24) is 0 Å². The van der Waals surface area contributed by atoms with Crippen molar-refractivity contribution in [3.63, 3.8) is 0 Å². The number of hydrogen-bond donors (Lipinski definition) is 0. The molecule has 8 rings (SSSR count). The van der Waals surface area contributed by atoms with E-state index in [2.05, 4.69) is 24.3 Å². The molecule has 11 heteroatoms. The van der Waals surface area contributed by atoms with Gasteiger partial charge in [0.2, 0.25) is 0 Å². The summed E-state index contributed by atoms with van der Waals surface area (Å²) in [5.74, 6) is 2.91. The Morgan fingerprint density at radius 2 is 0.686 bits per heavy atom. The summed E-state index contributed by atoms with van der Waals surface area (Å²) in [6, 6.07) is 58.2. The second-order valence-corrected chi connectivity index (χ2v) is 18.9. The summed E-state index contributed by atoms with van der Waals surface area (Å²) in [4.78, 5) is 0. The van der Waals surface area contributed by atoms with Crippen LogP contribution in [0.1, 0.15) is 24.3 Å². The molecule has 51 heavy (non-hydrogen) atoms. The topological polar surface area (TPSA) is 83.2 Å². The Labute approximate surface area is 298 Å². The monoisotopic (exact) mass is 731 g/mol. The molecule has 0 saturated heterocycles. The van der Waals surface area contributed by atoms with Crippen LogP contribution in [0.5, 0.6) is 28.7 Å². The van der Waals surface area contributed by atoms with Gasteiger partial charge in [0.05, 0.1) is 5.66 Å². The van der Waals surface area contributed by atoms with Gasteiger partial charge in [0.25, 0.3) is 7.43 Å². The van der Waals surface area contributed by atoms with Gasteiger partial charge in [-0.25, -0.2) is 0 Å². The van der Waals surface area contributed by atoms with E-state index < -0.39 is 22.8 Å². The lowest BCUT2D eigenvalue weighted by Gasteiger charge is -2.44. The number of nitrogens with zero attached hydrogens (tertiary/aromatic N) is 3. The van der Waals surface area contributed by atoms with Gasteiger partial charge >= 0.3 is 15.3 Å². The molecule has 0 N–H and O–H groups in total. The molecule has 1 aliphatic heterocycles. The lowest BCUT2D eigenvalue weighted by Crippen LogP contribution is -2.31. The molecule has 0 amide bonds. The van der Waals surface area contributed by atoms with Crippen LogP contribution in [-0.2, 0) is 0 Å². The summed E-state index contributed by atoms with van der Waals surface area (Å²) in [5, 5.41) is 0. The molecule has 1 aliphatic carbocycles. The molecule has 1 saturated carbocycles. The molecule has 6 aromatic carbocycles. The zero-order valence-electron chi connectivity index (χ0n) is 27.6. The number of benzene rings is 6. The Balaban J connectivity index is 1.45. The van der Waals surface area contributed by atoms with Crippen molar-refractivity contribution in [1.29, 1.82) is 0 Å². The van der Waals surface area contributed by atoms with Crippen LogP contribution in [0.4, 0.5) is 0 Å². The van der Waals surface area contributed by atoms with Crippen LogP contribution in [0.2, 0.25) is 0 Å². The first-order valence-corrected chi connectivity index (χ1v) is 21.5. The lowest BCUT2D eigenvalue weighted by molar-refractivity contribution is 0.402. The first kappa shape index (κ1) is 33.2. The van der Waals surface area contributed by atoms with Gasteiger partial charge in [-0.05, 0) is 85.0 Å².